The summed E-state index contributed by atoms with van der Waals surface area (Å²) in [6.07, 6.45) is 2.25. The average molecular weight is 505 g/mol. The monoisotopic (exact) mass is 504 g/mol. The molecule has 0 aliphatic heterocycles. The van der Waals surface area contributed by atoms with Gasteiger partial charge in [-0.05, 0) is 35.9 Å². The molecule has 0 fully saturated rings. The van der Waals surface area contributed by atoms with Gasteiger partial charge in [-0.25, -0.2) is 14.4 Å². The number of fused-ring (bicyclic) bond motifs is 1. The second kappa shape index (κ2) is 10.2. The molecule has 1 atom stereocenters. The van der Waals surface area contributed by atoms with Crippen LogP contribution < -0.4 is 0 Å². The van der Waals surface area contributed by atoms with E-state index >= 15 is 0 Å². The maximum atomic E-state index is 13.9. The first-order valence-corrected chi connectivity index (χ1v) is 10.9. The number of aryl methyl sites for hydroxylation is 1. The summed E-state index contributed by atoms with van der Waals surface area (Å²) in [6.45, 7) is 0. The van der Waals surface area contributed by atoms with Gasteiger partial charge in [0.1, 0.15) is 34.9 Å². The average Bonchev–Trinajstić information content (AvgIpc) is 3.49. The molecule has 0 radical (unpaired) electrons. The van der Waals surface area contributed by atoms with Crippen molar-refractivity contribution in [2.75, 3.05) is 0 Å². The highest BCUT2D eigenvalue weighted by Gasteiger charge is 2.25. The first-order valence-electron chi connectivity index (χ1n) is 10.9. The molecule has 0 aliphatic carbocycles. The summed E-state index contributed by atoms with van der Waals surface area (Å²) in [6, 6.07) is 19.0. The zero-order valence-electron chi connectivity index (χ0n) is 19.1. The van der Waals surface area contributed by atoms with Gasteiger partial charge in [0.2, 0.25) is 5.78 Å². The molecule has 0 spiro atoms. The Morgan fingerprint density at radius 1 is 1.03 bits per heavy atom. The standard InChI is InChI=1S/C27H21FN4O3.ClH/c1-32-13-12-29-27(32)25(35)17-7-4-6-16(14-17)23(33)22(24(34)18-8-5-9-19(28)15-18)26-30-20-10-2-3-11-21(20)31-26;/h2-15,25,33,35H,1H3,(H,30,31);1H/b23-22-;. The van der Waals surface area contributed by atoms with Crippen LogP contribution >= 0.6 is 12.4 Å². The van der Waals surface area contributed by atoms with Crippen molar-refractivity contribution in [1.29, 1.82) is 0 Å². The van der Waals surface area contributed by atoms with Crippen LogP contribution in [0.25, 0.3) is 22.4 Å². The minimum Gasteiger partial charge on any atom is -0.506 e. The normalized spacial score (nSPS) is 12.6. The number of aliphatic hydroxyl groups is 2. The van der Waals surface area contributed by atoms with Crippen molar-refractivity contribution in [1.82, 2.24) is 19.5 Å². The Morgan fingerprint density at radius 3 is 2.50 bits per heavy atom. The number of hydrogen-bond acceptors (Lipinski definition) is 5. The SMILES string of the molecule is Cl.Cn1ccnc1C(O)c1cccc(/C(O)=C(\C(=O)c2cccc(F)c2)c2nc3ccccc3[nH]2)c1. The summed E-state index contributed by atoms with van der Waals surface area (Å²) >= 11 is 0. The Kier molecular flexibility index (Phi) is 7.00. The molecule has 36 heavy (non-hydrogen) atoms. The van der Waals surface area contributed by atoms with E-state index in [4.69, 9.17) is 0 Å². The number of nitrogens with zero attached hydrogens (tertiary/aromatic N) is 3. The van der Waals surface area contributed by atoms with E-state index in [-0.39, 0.29) is 40.7 Å². The molecule has 3 aromatic carbocycles. The van der Waals surface area contributed by atoms with E-state index in [1.165, 1.54) is 18.2 Å². The van der Waals surface area contributed by atoms with Gasteiger partial charge >= 0.3 is 0 Å². The number of carbonyl (C=O) groups excluding carboxylic acids is 1. The first-order chi connectivity index (χ1) is 16.9. The number of aliphatic hydroxyl groups excluding tert-OH is 2. The molecule has 5 rings (SSSR count). The molecule has 0 amide bonds. The van der Waals surface area contributed by atoms with Crippen LogP contribution in [0.1, 0.15) is 39.2 Å². The predicted octanol–water partition coefficient (Wildman–Crippen LogP) is 5.25. The molecule has 2 heterocycles. The molecule has 3 N–H and O–H groups in total. The molecular formula is C27H22ClFN4O3. The van der Waals surface area contributed by atoms with Gasteiger partial charge in [-0.3, -0.25) is 4.79 Å². The highest BCUT2D eigenvalue weighted by atomic mass is 35.5. The molecule has 0 aliphatic rings. The lowest BCUT2D eigenvalue weighted by atomic mass is 9.97. The summed E-state index contributed by atoms with van der Waals surface area (Å²) in [4.78, 5) is 25.3. The first kappa shape index (κ1) is 24.8. The van der Waals surface area contributed by atoms with E-state index in [0.717, 1.165) is 6.07 Å². The fourth-order valence-electron chi connectivity index (χ4n) is 3.96. The third kappa shape index (κ3) is 4.64. The van der Waals surface area contributed by atoms with Crippen LogP contribution in [0.2, 0.25) is 0 Å². The van der Waals surface area contributed by atoms with E-state index in [2.05, 4.69) is 15.0 Å². The minimum atomic E-state index is -1.05. The fourth-order valence-corrected chi connectivity index (χ4v) is 3.96. The topological polar surface area (TPSA) is 104 Å². The van der Waals surface area contributed by atoms with E-state index in [0.29, 0.717) is 22.4 Å². The lowest BCUT2D eigenvalue weighted by molar-refractivity contribution is 0.105. The van der Waals surface area contributed by atoms with Crippen LogP contribution in [-0.4, -0.2) is 35.5 Å². The van der Waals surface area contributed by atoms with Gasteiger partial charge in [0.25, 0.3) is 0 Å². The molecule has 1 unspecified atom stereocenters. The highest BCUT2D eigenvalue weighted by Crippen LogP contribution is 2.30. The van der Waals surface area contributed by atoms with Gasteiger partial charge in [-0.1, -0.05) is 42.5 Å². The van der Waals surface area contributed by atoms with Crippen LogP contribution in [0.4, 0.5) is 4.39 Å². The van der Waals surface area contributed by atoms with Gasteiger partial charge in [0.05, 0.1) is 11.0 Å². The summed E-state index contributed by atoms with van der Waals surface area (Å²) in [5.74, 6) is -0.949. The number of para-hydroxylation sites is 2. The molecule has 7 nitrogen and oxygen atoms in total. The Labute approximate surface area is 212 Å². The van der Waals surface area contributed by atoms with E-state index in [9.17, 15) is 19.4 Å². The van der Waals surface area contributed by atoms with Crippen LogP contribution in [0.3, 0.4) is 0 Å². The molecule has 5 aromatic rings. The Balaban J connectivity index is 0.00000304. The number of H-pyrrole nitrogens is 1. The fraction of sp³-hybridized carbons (Fsp3) is 0.0741. The Hall–Kier alpha value is -4.27. The molecule has 0 saturated heterocycles. The van der Waals surface area contributed by atoms with Crippen molar-refractivity contribution in [3.63, 3.8) is 0 Å². The van der Waals surface area contributed by atoms with Crippen molar-refractivity contribution in [3.8, 4) is 0 Å². The molecular weight excluding hydrogens is 483 g/mol. The molecule has 0 bridgehead atoms. The van der Waals surface area contributed by atoms with Gasteiger partial charge < -0.3 is 19.8 Å². The van der Waals surface area contributed by atoms with E-state index in [1.807, 2.05) is 12.1 Å². The summed E-state index contributed by atoms with van der Waals surface area (Å²) in [5.41, 5.74) is 2.01. The van der Waals surface area contributed by atoms with Crippen molar-refractivity contribution in [2.45, 2.75) is 6.10 Å². The molecule has 9 heteroatoms. The molecule has 0 saturated carbocycles. The zero-order chi connectivity index (χ0) is 24.5. The van der Waals surface area contributed by atoms with E-state index < -0.39 is 17.7 Å². The largest absolute Gasteiger partial charge is 0.506 e. The predicted molar refractivity (Wildman–Crippen MR) is 137 cm³/mol. The number of aromatic amines is 1. The lowest BCUT2D eigenvalue weighted by Gasteiger charge is -2.14. The number of benzene rings is 3. The van der Waals surface area contributed by atoms with Gasteiger partial charge in [0, 0.05) is 30.6 Å². The molecule has 2 aromatic heterocycles. The van der Waals surface area contributed by atoms with E-state index in [1.54, 1.807) is 60.4 Å². The van der Waals surface area contributed by atoms with Crippen molar-refractivity contribution in [3.05, 3.63) is 119 Å². The van der Waals surface area contributed by atoms with Crippen LogP contribution in [0, 0.1) is 5.82 Å². The summed E-state index contributed by atoms with van der Waals surface area (Å²) in [7, 11) is 1.77. The van der Waals surface area contributed by atoms with Gasteiger partial charge in [-0.15, -0.1) is 12.4 Å². The summed E-state index contributed by atoms with van der Waals surface area (Å²) in [5, 5.41) is 22.2. The zero-order valence-corrected chi connectivity index (χ0v) is 19.9. The van der Waals surface area contributed by atoms with Crippen LogP contribution in [-0.2, 0) is 7.05 Å². The Bertz CT molecular complexity index is 1560. The maximum absolute atomic E-state index is 13.9. The minimum absolute atomic E-state index is 0. The second-order valence-corrected chi connectivity index (χ2v) is 8.09. The number of carbonyl (C=O) groups is 1. The number of Topliss-reactive ketones (excluding diaryl/α,β-unsaturated/α-hetero) is 1. The third-order valence-corrected chi connectivity index (χ3v) is 5.76. The number of nitrogens with one attached hydrogen (secondary N) is 1. The van der Waals surface area contributed by atoms with Crippen molar-refractivity contribution < 1.29 is 19.4 Å². The smallest absolute Gasteiger partial charge is 0.200 e. The van der Waals surface area contributed by atoms with Crippen LogP contribution in [0.15, 0.2) is 85.2 Å². The quantitative estimate of drug-likeness (QED) is 0.166. The number of halogens is 2. The number of imidazole rings is 2. The second-order valence-electron chi connectivity index (χ2n) is 8.09. The number of ketones is 1. The lowest BCUT2D eigenvalue weighted by Crippen LogP contribution is -2.09. The van der Waals surface area contributed by atoms with Gasteiger partial charge in [-0.2, -0.15) is 0 Å². The number of aromatic nitrogens is 4. The number of rotatable bonds is 6. The highest BCUT2D eigenvalue weighted by molar-refractivity contribution is 6.33. The maximum Gasteiger partial charge on any atom is 0.200 e. The van der Waals surface area contributed by atoms with Crippen LogP contribution in [0.5, 0.6) is 0 Å². The number of allylic oxidation sites excluding steroid dienone is 1. The van der Waals surface area contributed by atoms with Gasteiger partial charge in [0.15, 0.2) is 0 Å². The van der Waals surface area contributed by atoms with Crippen molar-refractivity contribution >= 4 is 40.6 Å². The Morgan fingerprint density at radius 2 is 1.78 bits per heavy atom. The molecule has 182 valence electrons. The van der Waals surface area contributed by atoms with Crippen molar-refractivity contribution in [2.24, 2.45) is 7.05 Å². The number of hydrogen-bond donors (Lipinski definition) is 3. The third-order valence-electron chi connectivity index (χ3n) is 5.76. The summed E-state index contributed by atoms with van der Waals surface area (Å²) < 4.78 is 15.6.